The molecule has 5 nitrogen and oxygen atoms in total. The molecule has 0 saturated carbocycles. The Balaban J connectivity index is 4.71. The minimum atomic E-state index is -3.33. The van der Waals surface area contributed by atoms with Gasteiger partial charge in [-0.2, -0.15) is 4.31 Å². The Bertz CT molecular complexity index is 284. The lowest BCUT2D eigenvalue weighted by molar-refractivity contribution is -0.141. The Labute approximate surface area is 85.1 Å². The SMILES string of the molecule is CCS(=O)(=O)N(CC(=O)OC)C(C)C. The molecule has 0 fully saturated rings. The van der Waals surface area contributed by atoms with Gasteiger partial charge in [0.05, 0.1) is 12.9 Å². The molecule has 84 valence electrons. The van der Waals surface area contributed by atoms with Crippen LogP contribution in [0.25, 0.3) is 0 Å². The van der Waals surface area contributed by atoms with Crippen LogP contribution in [0.3, 0.4) is 0 Å². The predicted molar refractivity (Wildman–Crippen MR) is 53.3 cm³/mol. The molecule has 0 aliphatic rings. The highest BCUT2D eigenvalue weighted by Crippen LogP contribution is 2.07. The molecule has 0 aromatic heterocycles. The fourth-order valence-electron chi connectivity index (χ4n) is 0.960. The number of carbonyl (C=O) groups excluding carboxylic acids is 1. The van der Waals surface area contributed by atoms with Gasteiger partial charge in [-0.25, -0.2) is 8.42 Å². The van der Waals surface area contributed by atoms with E-state index in [1.807, 2.05) is 0 Å². The smallest absolute Gasteiger partial charge is 0.321 e. The fourth-order valence-corrected chi connectivity index (χ4v) is 2.24. The van der Waals surface area contributed by atoms with E-state index in [9.17, 15) is 13.2 Å². The van der Waals surface area contributed by atoms with Crippen LogP contribution in [0, 0.1) is 0 Å². The second-order valence-electron chi connectivity index (χ2n) is 3.12. The molecule has 0 aliphatic carbocycles. The maximum atomic E-state index is 11.5. The number of hydrogen-bond donors (Lipinski definition) is 0. The Morgan fingerprint density at radius 1 is 1.43 bits per heavy atom. The van der Waals surface area contributed by atoms with Gasteiger partial charge in [0.1, 0.15) is 6.54 Å². The van der Waals surface area contributed by atoms with Crippen molar-refractivity contribution in [3.8, 4) is 0 Å². The maximum Gasteiger partial charge on any atom is 0.321 e. The molecule has 0 rings (SSSR count). The van der Waals surface area contributed by atoms with Crippen molar-refractivity contribution in [2.24, 2.45) is 0 Å². The van der Waals surface area contributed by atoms with E-state index in [2.05, 4.69) is 4.74 Å². The summed E-state index contributed by atoms with van der Waals surface area (Å²) in [5.74, 6) is -0.557. The fraction of sp³-hybridized carbons (Fsp3) is 0.875. The van der Waals surface area contributed by atoms with Crippen LogP contribution in [0.4, 0.5) is 0 Å². The summed E-state index contributed by atoms with van der Waals surface area (Å²) < 4.78 is 28.6. The van der Waals surface area contributed by atoms with E-state index in [1.54, 1.807) is 20.8 Å². The van der Waals surface area contributed by atoms with Gasteiger partial charge in [-0.1, -0.05) is 0 Å². The Kier molecular flexibility index (Phi) is 5.07. The van der Waals surface area contributed by atoms with E-state index in [1.165, 1.54) is 7.11 Å². The van der Waals surface area contributed by atoms with Gasteiger partial charge in [0.15, 0.2) is 0 Å². The van der Waals surface area contributed by atoms with Gasteiger partial charge in [-0.3, -0.25) is 4.79 Å². The quantitative estimate of drug-likeness (QED) is 0.625. The summed E-state index contributed by atoms with van der Waals surface area (Å²) in [6.07, 6.45) is 0. The molecule has 0 aliphatic heterocycles. The predicted octanol–water partition coefficient (Wildman–Crippen LogP) is 0.219. The van der Waals surface area contributed by atoms with E-state index in [4.69, 9.17) is 0 Å². The van der Waals surface area contributed by atoms with Gasteiger partial charge < -0.3 is 4.74 Å². The second kappa shape index (κ2) is 5.31. The van der Waals surface area contributed by atoms with Crippen LogP contribution in [-0.2, 0) is 19.6 Å². The molecule has 0 amide bonds. The third kappa shape index (κ3) is 3.63. The van der Waals surface area contributed by atoms with E-state index < -0.39 is 16.0 Å². The van der Waals surface area contributed by atoms with Crippen LogP contribution in [0.2, 0.25) is 0 Å². The highest BCUT2D eigenvalue weighted by molar-refractivity contribution is 7.89. The molecule has 0 radical (unpaired) electrons. The third-order valence-electron chi connectivity index (χ3n) is 1.81. The summed E-state index contributed by atoms with van der Waals surface area (Å²) in [6, 6.07) is -0.237. The summed E-state index contributed by atoms with van der Waals surface area (Å²) in [5.41, 5.74) is 0. The largest absolute Gasteiger partial charge is 0.468 e. The minimum Gasteiger partial charge on any atom is -0.468 e. The molecule has 0 heterocycles. The standard InChI is InChI=1S/C8H17NO4S/c1-5-14(11,12)9(7(2)3)6-8(10)13-4/h7H,5-6H2,1-4H3. The third-order valence-corrected chi connectivity index (χ3v) is 3.81. The van der Waals surface area contributed by atoms with E-state index in [0.29, 0.717) is 0 Å². The molecule has 0 aromatic carbocycles. The van der Waals surface area contributed by atoms with Crippen molar-refractivity contribution in [1.82, 2.24) is 4.31 Å². The molecule has 0 spiro atoms. The zero-order chi connectivity index (χ0) is 11.4. The molecule has 0 saturated heterocycles. The van der Waals surface area contributed by atoms with Crippen molar-refractivity contribution >= 4 is 16.0 Å². The van der Waals surface area contributed by atoms with Gasteiger partial charge >= 0.3 is 5.97 Å². The zero-order valence-corrected chi connectivity index (χ0v) is 9.80. The number of nitrogens with zero attached hydrogens (tertiary/aromatic N) is 1. The first-order valence-corrected chi connectivity index (χ1v) is 6.02. The monoisotopic (exact) mass is 223 g/mol. The molecule has 0 unspecified atom stereocenters. The maximum absolute atomic E-state index is 11.5. The van der Waals surface area contributed by atoms with Crippen LogP contribution in [-0.4, -0.2) is 44.1 Å². The van der Waals surface area contributed by atoms with Crippen molar-refractivity contribution in [1.29, 1.82) is 0 Å². The molecule has 0 aromatic rings. The zero-order valence-electron chi connectivity index (χ0n) is 8.98. The van der Waals surface area contributed by atoms with Gasteiger partial charge in [-0.05, 0) is 20.8 Å². The van der Waals surface area contributed by atoms with Crippen LogP contribution in [0.1, 0.15) is 20.8 Å². The van der Waals surface area contributed by atoms with Crippen LogP contribution in [0.5, 0.6) is 0 Å². The first-order chi connectivity index (χ1) is 6.35. The van der Waals surface area contributed by atoms with Gasteiger partial charge in [0.2, 0.25) is 10.0 Å². The first-order valence-electron chi connectivity index (χ1n) is 4.41. The van der Waals surface area contributed by atoms with Crippen molar-refractivity contribution < 1.29 is 17.9 Å². The molecule has 14 heavy (non-hydrogen) atoms. The minimum absolute atomic E-state index is 0.0117. The lowest BCUT2D eigenvalue weighted by Crippen LogP contribution is -2.41. The van der Waals surface area contributed by atoms with E-state index >= 15 is 0 Å². The van der Waals surface area contributed by atoms with Crippen molar-refractivity contribution in [2.75, 3.05) is 19.4 Å². The van der Waals surface area contributed by atoms with Gasteiger partial charge in [0.25, 0.3) is 0 Å². The number of sulfonamides is 1. The van der Waals surface area contributed by atoms with Gasteiger partial charge in [-0.15, -0.1) is 0 Å². The lowest BCUT2D eigenvalue weighted by atomic mass is 10.4. The Hall–Kier alpha value is -0.620. The summed E-state index contributed by atoms with van der Waals surface area (Å²) >= 11 is 0. The van der Waals surface area contributed by atoms with Crippen LogP contribution < -0.4 is 0 Å². The number of rotatable bonds is 5. The normalized spacial score (nSPS) is 12.1. The average Bonchev–Trinajstić information content (AvgIpc) is 2.12. The Morgan fingerprint density at radius 2 is 1.93 bits per heavy atom. The van der Waals surface area contributed by atoms with Crippen molar-refractivity contribution in [3.05, 3.63) is 0 Å². The molecule has 0 bridgehead atoms. The number of esters is 1. The summed E-state index contributed by atoms with van der Waals surface area (Å²) in [6.45, 7) is 4.76. The van der Waals surface area contributed by atoms with Crippen molar-refractivity contribution in [2.45, 2.75) is 26.8 Å². The van der Waals surface area contributed by atoms with E-state index in [0.717, 1.165) is 4.31 Å². The van der Waals surface area contributed by atoms with Crippen LogP contribution >= 0.6 is 0 Å². The number of ether oxygens (including phenoxy) is 1. The summed E-state index contributed by atoms with van der Waals surface area (Å²) in [4.78, 5) is 11.0. The highest BCUT2D eigenvalue weighted by Gasteiger charge is 2.25. The summed E-state index contributed by atoms with van der Waals surface area (Å²) in [7, 11) is -2.10. The van der Waals surface area contributed by atoms with Crippen LogP contribution in [0.15, 0.2) is 0 Å². The molecular weight excluding hydrogens is 206 g/mol. The lowest BCUT2D eigenvalue weighted by Gasteiger charge is -2.23. The second-order valence-corrected chi connectivity index (χ2v) is 5.33. The number of carbonyl (C=O) groups is 1. The average molecular weight is 223 g/mol. The number of methoxy groups -OCH3 is 1. The first kappa shape index (κ1) is 13.4. The van der Waals surface area contributed by atoms with E-state index in [-0.39, 0.29) is 18.3 Å². The topological polar surface area (TPSA) is 63.7 Å². The molecule has 6 heteroatoms. The van der Waals surface area contributed by atoms with Crippen molar-refractivity contribution in [3.63, 3.8) is 0 Å². The highest BCUT2D eigenvalue weighted by atomic mass is 32.2. The molecule has 0 atom stereocenters. The summed E-state index contributed by atoms with van der Waals surface area (Å²) in [5, 5.41) is 0. The van der Waals surface area contributed by atoms with Gasteiger partial charge in [0, 0.05) is 6.04 Å². The molecular formula is C8H17NO4S. The Morgan fingerprint density at radius 3 is 2.21 bits per heavy atom. The molecule has 0 N–H and O–H groups in total. The number of hydrogen-bond acceptors (Lipinski definition) is 4.